The van der Waals surface area contributed by atoms with Crippen LogP contribution in [0, 0.1) is 5.92 Å². The van der Waals surface area contributed by atoms with E-state index in [-0.39, 0.29) is 19.6 Å². The number of carbonyl (C=O) groups excluding carboxylic acids is 7. The Morgan fingerprint density at radius 2 is 1.57 bits per heavy atom. The summed E-state index contributed by atoms with van der Waals surface area (Å²) in [6.07, 6.45) is 2.52. The van der Waals surface area contributed by atoms with Gasteiger partial charge in [-0.25, -0.2) is 4.79 Å². The van der Waals surface area contributed by atoms with E-state index < -0.39 is 66.1 Å². The summed E-state index contributed by atoms with van der Waals surface area (Å²) in [5.41, 5.74) is 6.21. The van der Waals surface area contributed by atoms with Crippen molar-refractivity contribution in [3.05, 3.63) is 42.0 Å². The average Bonchev–Trinajstić information content (AvgIpc) is 3.20. The maximum Gasteiger partial charge on any atom is 0.312 e. The smallest absolute Gasteiger partial charge is 0.312 e. The van der Waals surface area contributed by atoms with Crippen LogP contribution in [0.25, 0.3) is 0 Å². The molecule has 14 heteroatoms. The zero-order chi connectivity index (χ0) is 29.8. The van der Waals surface area contributed by atoms with Gasteiger partial charge in [0.15, 0.2) is 0 Å². The van der Waals surface area contributed by atoms with Crippen molar-refractivity contribution in [3.63, 3.8) is 0 Å². The van der Waals surface area contributed by atoms with Crippen LogP contribution in [0.2, 0.25) is 0 Å². The summed E-state index contributed by atoms with van der Waals surface area (Å²) in [5.74, 6) is -4.02. The normalized spacial score (nSPS) is 13.9. The number of anilines is 1. The molecular weight excluding hydrogens is 524 g/mol. The van der Waals surface area contributed by atoms with Crippen LogP contribution < -0.4 is 27.0 Å². The molecule has 0 aromatic heterocycles. The SMILES string of the molecule is CC(=O)OCc1ccc(NC(=O)C(CCCNC(N)=O)NC(=O)C(NC(=O)CN2C(=O)C=CC2=O)C(C)C)cc1. The van der Waals surface area contributed by atoms with Crippen molar-refractivity contribution >= 4 is 47.2 Å². The van der Waals surface area contributed by atoms with Crippen LogP contribution in [0.1, 0.15) is 39.2 Å². The highest BCUT2D eigenvalue weighted by Gasteiger charge is 2.31. The second-order valence-corrected chi connectivity index (χ2v) is 9.35. The summed E-state index contributed by atoms with van der Waals surface area (Å²) < 4.78 is 4.94. The van der Waals surface area contributed by atoms with Crippen LogP contribution in [0.5, 0.6) is 0 Å². The second-order valence-electron chi connectivity index (χ2n) is 9.35. The molecule has 14 nitrogen and oxygen atoms in total. The molecule has 1 aliphatic heterocycles. The zero-order valence-electron chi connectivity index (χ0n) is 22.5. The van der Waals surface area contributed by atoms with Gasteiger partial charge in [-0.05, 0) is 36.5 Å². The van der Waals surface area contributed by atoms with Gasteiger partial charge >= 0.3 is 12.0 Å². The molecule has 1 aromatic carbocycles. The van der Waals surface area contributed by atoms with Crippen molar-refractivity contribution in [2.75, 3.05) is 18.4 Å². The van der Waals surface area contributed by atoms with Gasteiger partial charge in [0.05, 0.1) is 0 Å². The van der Waals surface area contributed by atoms with Gasteiger partial charge in [0, 0.05) is 31.3 Å². The lowest BCUT2D eigenvalue weighted by Crippen LogP contribution is -2.56. The highest BCUT2D eigenvalue weighted by atomic mass is 16.5. The topological polar surface area (TPSA) is 206 Å². The lowest BCUT2D eigenvalue weighted by atomic mass is 10.0. The fourth-order valence-corrected chi connectivity index (χ4v) is 3.63. The maximum atomic E-state index is 13.2. The molecule has 0 saturated heterocycles. The molecule has 2 atom stereocenters. The van der Waals surface area contributed by atoms with Crippen LogP contribution in [0.4, 0.5) is 10.5 Å². The third-order valence-corrected chi connectivity index (χ3v) is 5.73. The molecule has 0 radical (unpaired) electrons. The number of urea groups is 1. The van der Waals surface area contributed by atoms with E-state index in [2.05, 4.69) is 21.3 Å². The van der Waals surface area contributed by atoms with Crippen molar-refractivity contribution in [1.82, 2.24) is 20.9 Å². The standard InChI is InChI=1S/C26H34N6O8/c1-15(2)23(31-20(34)13-32-21(35)10-11-22(32)36)25(38)30-19(5-4-12-28-26(27)39)24(37)29-18-8-6-17(7-9-18)14-40-16(3)33/h6-11,15,19,23H,4-5,12-14H2,1-3H3,(H,29,37)(H,30,38)(H,31,34)(H3,27,28,39). The number of carbonyl (C=O) groups is 7. The number of primary amides is 1. The molecule has 0 fully saturated rings. The Hall–Kier alpha value is -4.75. The second kappa shape index (κ2) is 15.0. The van der Waals surface area contributed by atoms with Crippen molar-refractivity contribution in [1.29, 1.82) is 0 Å². The van der Waals surface area contributed by atoms with E-state index in [1.54, 1.807) is 38.1 Å². The van der Waals surface area contributed by atoms with Gasteiger partial charge in [-0.3, -0.25) is 33.7 Å². The van der Waals surface area contributed by atoms with Crippen molar-refractivity contribution in [2.24, 2.45) is 11.7 Å². The Bertz CT molecular complexity index is 1150. The molecule has 7 amide bonds. The Kier molecular flexibility index (Phi) is 11.8. The Morgan fingerprint density at radius 3 is 2.12 bits per heavy atom. The number of ether oxygens (including phenoxy) is 1. The summed E-state index contributed by atoms with van der Waals surface area (Å²) >= 11 is 0. The number of hydrogen-bond acceptors (Lipinski definition) is 8. The highest BCUT2D eigenvalue weighted by molar-refractivity contribution is 6.14. The summed E-state index contributed by atoms with van der Waals surface area (Å²) in [6, 6.07) is 3.69. The van der Waals surface area contributed by atoms with E-state index in [4.69, 9.17) is 10.5 Å². The monoisotopic (exact) mass is 558 g/mol. The third kappa shape index (κ3) is 10.2. The molecule has 216 valence electrons. The Morgan fingerprint density at radius 1 is 0.950 bits per heavy atom. The fraction of sp³-hybridized carbons (Fsp3) is 0.423. The van der Waals surface area contributed by atoms with Gasteiger partial charge in [-0.15, -0.1) is 0 Å². The van der Waals surface area contributed by atoms with Crippen LogP contribution in [-0.4, -0.2) is 71.6 Å². The molecule has 1 aliphatic rings. The van der Waals surface area contributed by atoms with Gasteiger partial charge in [0.25, 0.3) is 11.8 Å². The van der Waals surface area contributed by atoms with E-state index in [0.717, 1.165) is 17.1 Å². The number of benzene rings is 1. The maximum absolute atomic E-state index is 13.2. The molecule has 1 aromatic rings. The number of rotatable bonds is 14. The first-order chi connectivity index (χ1) is 18.9. The number of nitrogens with one attached hydrogen (secondary N) is 4. The van der Waals surface area contributed by atoms with Crippen molar-refractivity contribution < 1.29 is 38.3 Å². The predicted octanol–water partition coefficient (Wildman–Crippen LogP) is -0.313. The molecule has 2 rings (SSSR count). The van der Waals surface area contributed by atoms with Crippen molar-refractivity contribution in [2.45, 2.75) is 52.3 Å². The van der Waals surface area contributed by atoms with E-state index in [1.807, 2.05) is 0 Å². The zero-order valence-corrected chi connectivity index (χ0v) is 22.5. The van der Waals surface area contributed by atoms with Crippen LogP contribution in [-0.2, 0) is 40.1 Å². The van der Waals surface area contributed by atoms with Crippen LogP contribution in [0.15, 0.2) is 36.4 Å². The van der Waals surface area contributed by atoms with Gasteiger partial charge < -0.3 is 31.7 Å². The minimum atomic E-state index is -1.08. The number of amides is 7. The first-order valence-corrected chi connectivity index (χ1v) is 12.6. The number of nitrogens with zero attached hydrogens (tertiary/aromatic N) is 1. The van der Waals surface area contributed by atoms with Gasteiger partial charge in [-0.2, -0.15) is 0 Å². The van der Waals surface area contributed by atoms with Crippen LogP contribution >= 0.6 is 0 Å². The molecule has 40 heavy (non-hydrogen) atoms. The lowest BCUT2D eigenvalue weighted by Gasteiger charge is -2.26. The first kappa shape index (κ1) is 31.5. The Labute approximate surface area is 231 Å². The van der Waals surface area contributed by atoms with E-state index in [1.165, 1.54) is 6.92 Å². The average molecular weight is 559 g/mol. The number of imide groups is 1. The van der Waals surface area contributed by atoms with Gasteiger partial charge in [-0.1, -0.05) is 26.0 Å². The minimum Gasteiger partial charge on any atom is -0.461 e. The predicted molar refractivity (Wildman–Crippen MR) is 142 cm³/mol. The minimum absolute atomic E-state index is 0.0774. The summed E-state index contributed by atoms with van der Waals surface area (Å²) in [4.78, 5) is 85.0. The number of hydrogen-bond donors (Lipinski definition) is 5. The molecule has 0 bridgehead atoms. The van der Waals surface area contributed by atoms with Gasteiger partial charge in [0.1, 0.15) is 25.2 Å². The van der Waals surface area contributed by atoms with Crippen molar-refractivity contribution in [3.8, 4) is 0 Å². The highest BCUT2D eigenvalue weighted by Crippen LogP contribution is 2.13. The largest absolute Gasteiger partial charge is 0.461 e. The number of nitrogens with two attached hydrogens (primary N) is 1. The molecular formula is C26H34N6O8. The van der Waals surface area contributed by atoms with E-state index >= 15 is 0 Å². The van der Waals surface area contributed by atoms with E-state index in [9.17, 15) is 33.6 Å². The number of esters is 1. The molecule has 0 saturated carbocycles. The quantitative estimate of drug-likeness (QED) is 0.116. The van der Waals surface area contributed by atoms with E-state index in [0.29, 0.717) is 17.7 Å². The Balaban J connectivity index is 2.08. The molecule has 6 N–H and O–H groups in total. The summed E-state index contributed by atoms with van der Waals surface area (Å²) in [7, 11) is 0. The fourth-order valence-electron chi connectivity index (χ4n) is 3.63. The first-order valence-electron chi connectivity index (χ1n) is 12.6. The van der Waals surface area contributed by atoms with Crippen LogP contribution in [0.3, 0.4) is 0 Å². The lowest BCUT2D eigenvalue weighted by molar-refractivity contribution is -0.142. The molecule has 1 heterocycles. The summed E-state index contributed by atoms with van der Waals surface area (Å²) in [6.45, 7) is 4.34. The molecule has 0 aliphatic carbocycles. The summed E-state index contributed by atoms with van der Waals surface area (Å²) in [5, 5.41) is 10.3. The van der Waals surface area contributed by atoms with Gasteiger partial charge in [0.2, 0.25) is 17.7 Å². The molecule has 0 spiro atoms. The molecule has 2 unspecified atom stereocenters. The third-order valence-electron chi connectivity index (χ3n) is 5.73.